The van der Waals surface area contributed by atoms with Crippen LogP contribution in [-0.2, 0) is 0 Å². The molecule has 1 heterocycles. The van der Waals surface area contributed by atoms with Crippen LogP contribution in [0.4, 0.5) is 8.78 Å². The molecule has 1 aromatic heterocycles. The number of hydrogen-bond donors (Lipinski definition) is 0. The third kappa shape index (κ3) is 2.52. The first kappa shape index (κ1) is 12.1. The number of halogens is 5. The fraction of sp³-hybridized carbons (Fsp3) is 0.143. The highest BCUT2D eigenvalue weighted by atomic mass is 127. The smallest absolute Gasteiger partial charge is 0.266 e. The van der Waals surface area contributed by atoms with Crippen LogP contribution in [0.25, 0.3) is 0 Å². The van der Waals surface area contributed by atoms with Crippen LogP contribution in [0.5, 0.6) is 0 Å². The van der Waals surface area contributed by atoms with E-state index >= 15 is 0 Å². The Morgan fingerprint density at radius 3 is 2.57 bits per heavy atom. The molecule has 0 aromatic carbocycles. The van der Waals surface area contributed by atoms with Gasteiger partial charge >= 0.3 is 0 Å². The number of carbonyl (C=O) groups excluding carboxylic acids is 1. The molecule has 76 valence electrons. The summed E-state index contributed by atoms with van der Waals surface area (Å²) in [6.45, 7) is 0. The first-order chi connectivity index (χ1) is 6.43. The number of nitrogens with zero attached hydrogens (tertiary/aromatic N) is 1. The quantitative estimate of drug-likeness (QED) is 0.462. The van der Waals surface area contributed by atoms with Crippen LogP contribution < -0.4 is 0 Å². The summed E-state index contributed by atoms with van der Waals surface area (Å²) >= 11 is 12.3. The standard InChI is InChI=1S/C7H2Cl2F2INO/c8-4-2(5(9)14)1-3(6(10)11)7(12)13-4/h1,6H. The minimum absolute atomic E-state index is 0.0595. The summed E-state index contributed by atoms with van der Waals surface area (Å²) in [5.41, 5.74) is -0.553. The second-order valence-corrected chi connectivity index (χ2v) is 4.00. The molecule has 0 N–H and O–H groups in total. The van der Waals surface area contributed by atoms with E-state index in [9.17, 15) is 13.6 Å². The summed E-state index contributed by atoms with van der Waals surface area (Å²) in [5, 5.41) is -1.07. The van der Waals surface area contributed by atoms with Gasteiger partial charge in [-0.15, -0.1) is 0 Å². The highest BCUT2D eigenvalue weighted by Crippen LogP contribution is 2.27. The lowest BCUT2D eigenvalue weighted by Crippen LogP contribution is -2.00. The fourth-order valence-corrected chi connectivity index (χ4v) is 1.97. The summed E-state index contributed by atoms with van der Waals surface area (Å²) in [6.07, 6.45) is -2.71. The van der Waals surface area contributed by atoms with Gasteiger partial charge in [-0.05, 0) is 40.3 Å². The largest absolute Gasteiger partial charge is 0.275 e. The third-order valence-electron chi connectivity index (χ3n) is 1.40. The zero-order valence-corrected chi connectivity index (χ0v) is 10.1. The van der Waals surface area contributed by atoms with E-state index in [1.807, 2.05) is 0 Å². The maximum absolute atomic E-state index is 12.4. The van der Waals surface area contributed by atoms with Crippen molar-refractivity contribution in [2.24, 2.45) is 0 Å². The molecule has 0 bridgehead atoms. The highest BCUT2D eigenvalue weighted by Gasteiger charge is 2.18. The van der Waals surface area contributed by atoms with Gasteiger partial charge in [0.15, 0.2) is 0 Å². The van der Waals surface area contributed by atoms with E-state index in [4.69, 9.17) is 23.2 Å². The van der Waals surface area contributed by atoms with Gasteiger partial charge in [-0.25, -0.2) is 13.8 Å². The molecule has 0 saturated heterocycles. The molecule has 1 aromatic rings. The van der Waals surface area contributed by atoms with Gasteiger partial charge in [-0.1, -0.05) is 11.6 Å². The van der Waals surface area contributed by atoms with E-state index in [1.165, 1.54) is 0 Å². The average molecular weight is 352 g/mol. The highest BCUT2D eigenvalue weighted by molar-refractivity contribution is 14.1. The first-order valence-electron chi connectivity index (χ1n) is 3.27. The maximum atomic E-state index is 12.4. The van der Waals surface area contributed by atoms with Crippen LogP contribution >= 0.6 is 45.8 Å². The molecule has 7 heteroatoms. The van der Waals surface area contributed by atoms with Gasteiger partial charge in [0, 0.05) is 0 Å². The molecular weight excluding hydrogens is 350 g/mol. The van der Waals surface area contributed by atoms with Gasteiger partial charge in [0.05, 0.1) is 11.1 Å². The van der Waals surface area contributed by atoms with Gasteiger partial charge in [0.1, 0.15) is 8.85 Å². The van der Waals surface area contributed by atoms with Crippen LogP contribution in [0.3, 0.4) is 0 Å². The molecular formula is C7H2Cl2F2INO. The summed E-state index contributed by atoms with van der Waals surface area (Å²) < 4.78 is 24.8. The van der Waals surface area contributed by atoms with E-state index < -0.39 is 11.7 Å². The van der Waals surface area contributed by atoms with Gasteiger partial charge < -0.3 is 0 Å². The molecule has 0 fully saturated rings. The van der Waals surface area contributed by atoms with E-state index in [1.54, 1.807) is 22.6 Å². The number of aromatic nitrogens is 1. The molecule has 0 spiro atoms. The van der Waals surface area contributed by atoms with E-state index in [2.05, 4.69) is 4.98 Å². The van der Waals surface area contributed by atoms with Crippen molar-refractivity contribution in [2.75, 3.05) is 0 Å². The minimum Gasteiger partial charge on any atom is -0.275 e. The number of hydrogen-bond acceptors (Lipinski definition) is 2. The molecule has 0 aliphatic rings. The van der Waals surface area contributed by atoms with Gasteiger partial charge in [0.2, 0.25) is 0 Å². The van der Waals surface area contributed by atoms with Crippen LogP contribution in [0.15, 0.2) is 6.07 Å². The Kier molecular flexibility index (Phi) is 4.03. The van der Waals surface area contributed by atoms with Crippen molar-refractivity contribution in [1.29, 1.82) is 0 Å². The van der Waals surface area contributed by atoms with Crippen molar-refractivity contribution in [2.45, 2.75) is 6.43 Å². The monoisotopic (exact) mass is 351 g/mol. The molecule has 0 radical (unpaired) electrons. The predicted octanol–water partition coefficient (Wildman–Crippen LogP) is 3.66. The molecule has 0 aliphatic heterocycles. The van der Waals surface area contributed by atoms with Crippen LogP contribution in [-0.4, -0.2) is 10.2 Å². The number of alkyl halides is 2. The van der Waals surface area contributed by atoms with Crippen LogP contribution in [0, 0.1) is 3.70 Å². The Morgan fingerprint density at radius 1 is 1.57 bits per heavy atom. The van der Waals surface area contributed by atoms with Gasteiger partial charge in [-0.3, -0.25) is 4.79 Å². The summed E-state index contributed by atoms with van der Waals surface area (Å²) in [4.78, 5) is 14.3. The van der Waals surface area contributed by atoms with Gasteiger partial charge in [0.25, 0.3) is 11.7 Å². The van der Waals surface area contributed by atoms with Crippen molar-refractivity contribution in [3.63, 3.8) is 0 Å². The Labute approximate surface area is 102 Å². The lowest BCUT2D eigenvalue weighted by Gasteiger charge is -2.05. The Balaban J connectivity index is 3.34. The SMILES string of the molecule is O=C(Cl)c1cc(C(F)F)c(I)nc1Cl. The minimum atomic E-state index is -2.71. The molecule has 1 rings (SSSR count). The van der Waals surface area contributed by atoms with Crippen molar-refractivity contribution >= 4 is 51.0 Å². The average Bonchev–Trinajstić information content (AvgIpc) is 2.02. The Hall–Kier alpha value is -0.0100. The fourth-order valence-electron chi connectivity index (χ4n) is 0.776. The van der Waals surface area contributed by atoms with Gasteiger partial charge in [-0.2, -0.15) is 0 Å². The Bertz CT molecular complexity index is 386. The summed E-state index contributed by atoms with van der Waals surface area (Å²) in [5.74, 6) is 0. The van der Waals surface area contributed by atoms with E-state index in [0.717, 1.165) is 6.07 Å². The second-order valence-electron chi connectivity index (χ2n) is 2.28. The van der Waals surface area contributed by atoms with Crippen molar-refractivity contribution in [1.82, 2.24) is 4.98 Å². The molecule has 2 nitrogen and oxygen atoms in total. The van der Waals surface area contributed by atoms with E-state index in [0.29, 0.717) is 0 Å². The predicted molar refractivity (Wildman–Crippen MR) is 57.1 cm³/mol. The van der Waals surface area contributed by atoms with E-state index in [-0.39, 0.29) is 20.0 Å². The normalized spacial score (nSPS) is 10.7. The molecule has 0 atom stereocenters. The molecule has 0 unspecified atom stereocenters. The van der Waals surface area contributed by atoms with Crippen molar-refractivity contribution in [3.05, 3.63) is 26.0 Å². The molecule has 0 aliphatic carbocycles. The second kappa shape index (κ2) is 4.67. The van der Waals surface area contributed by atoms with Crippen LogP contribution in [0.2, 0.25) is 5.15 Å². The number of carbonyl (C=O) groups is 1. The zero-order valence-electron chi connectivity index (χ0n) is 6.40. The lowest BCUT2D eigenvalue weighted by atomic mass is 10.2. The van der Waals surface area contributed by atoms with Crippen molar-refractivity contribution in [3.8, 4) is 0 Å². The third-order valence-corrected chi connectivity index (χ3v) is 2.76. The first-order valence-corrected chi connectivity index (χ1v) is 5.11. The summed E-state index contributed by atoms with van der Waals surface area (Å²) in [7, 11) is 0. The summed E-state index contributed by atoms with van der Waals surface area (Å²) in [6, 6.07) is 0.955. The molecule has 14 heavy (non-hydrogen) atoms. The maximum Gasteiger partial charge on any atom is 0.266 e. The topological polar surface area (TPSA) is 30.0 Å². The number of rotatable bonds is 2. The van der Waals surface area contributed by atoms with Crippen LogP contribution in [0.1, 0.15) is 22.3 Å². The number of pyridine rings is 1. The lowest BCUT2D eigenvalue weighted by molar-refractivity contribution is 0.108. The Morgan fingerprint density at radius 2 is 2.14 bits per heavy atom. The zero-order chi connectivity index (χ0) is 10.9. The molecule has 0 amide bonds. The molecule has 0 saturated carbocycles. The van der Waals surface area contributed by atoms with Crippen molar-refractivity contribution < 1.29 is 13.6 Å².